The summed E-state index contributed by atoms with van der Waals surface area (Å²) in [7, 11) is 3.76. The van der Waals surface area contributed by atoms with E-state index in [0.717, 1.165) is 66.1 Å². The van der Waals surface area contributed by atoms with Crippen molar-refractivity contribution in [1.82, 2.24) is 29.9 Å². The van der Waals surface area contributed by atoms with Crippen LogP contribution in [-0.4, -0.2) is 63.0 Å². The summed E-state index contributed by atoms with van der Waals surface area (Å²) >= 11 is 1.62. The van der Waals surface area contributed by atoms with Gasteiger partial charge in [0.05, 0.1) is 38.2 Å². The van der Waals surface area contributed by atoms with Crippen LogP contribution in [-0.2, 0) is 24.4 Å². The zero-order valence-electron chi connectivity index (χ0n) is 17.7. The topological polar surface area (TPSA) is 81.1 Å². The highest BCUT2D eigenvalue weighted by atomic mass is 32.2. The highest BCUT2D eigenvalue weighted by Crippen LogP contribution is 2.25. The Kier molecular flexibility index (Phi) is 6.71. The molecule has 2 aromatic heterocycles. The zero-order valence-corrected chi connectivity index (χ0v) is 18.5. The summed E-state index contributed by atoms with van der Waals surface area (Å²) in [5.74, 6) is 1.80. The van der Waals surface area contributed by atoms with E-state index in [4.69, 9.17) is 9.47 Å². The lowest BCUT2D eigenvalue weighted by molar-refractivity contribution is 0.0934. The van der Waals surface area contributed by atoms with Crippen LogP contribution in [0.5, 0.6) is 5.75 Å². The largest absolute Gasteiger partial charge is 0.497 e. The standard InChI is InChI=1S/C21H28N6O2S/c1-26(12-16-11-22-24-20(16)15-6-8-17(28-2)9-7-15)14-19-23-25-21(30-3)27(19)13-18-5-4-10-29-18/h6-9,11,18H,4-5,10,12-14H2,1-3H3,(H,22,24). The molecule has 0 saturated carbocycles. The summed E-state index contributed by atoms with van der Waals surface area (Å²) in [4.78, 5) is 2.23. The molecule has 0 bridgehead atoms. The summed E-state index contributed by atoms with van der Waals surface area (Å²) in [6, 6.07) is 8.00. The second kappa shape index (κ2) is 9.63. The number of H-pyrrole nitrogens is 1. The molecule has 4 rings (SSSR count). The van der Waals surface area contributed by atoms with Crippen LogP contribution < -0.4 is 4.74 Å². The van der Waals surface area contributed by atoms with E-state index in [-0.39, 0.29) is 6.10 Å². The van der Waals surface area contributed by atoms with Crippen molar-refractivity contribution in [2.45, 2.75) is 43.7 Å². The van der Waals surface area contributed by atoms with Gasteiger partial charge in [0.15, 0.2) is 5.16 Å². The van der Waals surface area contributed by atoms with E-state index in [1.165, 1.54) is 0 Å². The van der Waals surface area contributed by atoms with Crippen LogP contribution in [0.4, 0.5) is 0 Å². The van der Waals surface area contributed by atoms with E-state index < -0.39 is 0 Å². The van der Waals surface area contributed by atoms with Gasteiger partial charge in [0.1, 0.15) is 11.6 Å². The molecule has 0 aliphatic carbocycles. The molecule has 30 heavy (non-hydrogen) atoms. The van der Waals surface area contributed by atoms with Crippen molar-refractivity contribution in [1.29, 1.82) is 0 Å². The Morgan fingerprint density at radius 1 is 1.27 bits per heavy atom. The van der Waals surface area contributed by atoms with Crippen LogP contribution >= 0.6 is 11.8 Å². The van der Waals surface area contributed by atoms with Gasteiger partial charge in [-0.05, 0) is 50.4 Å². The minimum atomic E-state index is 0.256. The Hall–Kier alpha value is -2.36. The SMILES string of the molecule is COc1ccc(-c2[nH]ncc2CN(C)Cc2nnc(SC)n2CC2CCCO2)cc1. The molecule has 0 amide bonds. The lowest BCUT2D eigenvalue weighted by Gasteiger charge is -2.19. The van der Waals surface area contributed by atoms with E-state index in [2.05, 4.69) is 36.9 Å². The monoisotopic (exact) mass is 428 g/mol. The van der Waals surface area contributed by atoms with Gasteiger partial charge in [0, 0.05) is 24.3 Å². The number of rotatable bonds is 9. The van der Waals surface area contributed by atoms with Crippen LogP contribution in [0, 0.1) is 0 Å². The van der Waals surface area contributed by atoms with Crippen LogP contribution in [0.15, 0.2) is 35.6 Å². The predicted octanol–water partition coefficient (Wildman–Crippen LogP) is 3.21. The number of aromatic amines is 1. The number of aromatic nitrogens is 5. The maximum Gasteiger partial charge on any atom is 0.191 e. The molecule has 160 valence electrons. The summed E-state index contributed by atoms with van der Waals surface area (Å²) < 4.78 is 13.3. The first-order valence-electron chi connectivity index (χ1n) is 10.1. The molecule has 1 N–H and O–H groups in total. The van der Waals surface area contributed by atoms with E-state index in [1.54, 1.807) is 18.9 Å². The van der Waals surface area contributed by atoms with Gasteiger partial charge in [0.25, 0.3) is 0 Å². The van der Waals surface area contributed by atoms with Gasteiger partial charge in [-0.3, -0.25) is 10.00 Å². The molecule has 1 aromatic carbocycles. The van der Waals surface area contributed by atoms with Crippen molar-refractivity contribution in [3.05, 3.63) is 41.9 Å². The Labute approximate surface area is 181 Å². The van der Waals surface area contributed by atoms with E-state index in [0.29, 0.717) is 6.54 Å². The first-order chi connectivity index (χ1) is 14.7. The fraction of sp³-hybridized carbons (Fsp3) is 0.476. The average Bonchev–Trinajstić information content (AvgIpc) is 3.51. The zero-order chi connectivity index (χ0) is 20.9. The number of thioether (sulfide) groups is 1. The number of ether oxygens (including phenoxy) is 2. The van der Waals surface area contributed by atoms with Gasteiger partial charge in [-0.2, -0.15) is 5.10 Å². The van der Waals surface area contributed by atoms with E-state index >= 15 is 0 Å². The molecular formula is C21H28N6O2S. The number of methoxy groups -OCH3 is 1. The smallest absolute Gasteiger partial charge is 0.191 e. The molecule has 1 unspecified atom stereocenters. The molecule has 3 heterocycles. The molecule has 9 heteroatoms. The van der Waals surface area contributed by atoms with Crippen LogP contribution in [0.25, 0.3) is 11.3 Å². The number of hydrogen-bond donors (Lipinski definition) is 1. The van der Waals surface area contributed by atoms with Gasteiger partial charge in [-0.15, -0.1) is 10.2 Å². The van der Waals surface area contributed by atoms with Gasteiger partial charge in [0.2, 0.25) is 0 Å². The first kappa shape index (κ1) is 20.9. The van der Waals surface area contributed by atoms with Crippen LogP contribution in [0.3, 0.4) is 0 Å². The maximum atomic E-state index is 5.83. The summed E-state index contributed by atoms with van der Waals surface area (Å²) in [5.41, 5.74) is 3.25. The number of nitrogens with one attached hydrogen (secondary N) is 1. The number of benzene rings is 1. The lowest BCUT2D eigenvalue weighted by Crippen LogP contribution is -2.23. The quantitative estimate of drug-likeness (QED) is 0.524. The maximum absolute atomic E-state index is 5.83. The van der Waals surface area contributed by atoms with Gasteiger partial charge in [-0.1, -0.05) is 11.8 Å². The summed E-state index contributed by atoms with van der Waals surface area (Å²) in [5, 5.41) is 17.2. The second-order valence-corrected chi connectivity index (χ2v) is 8.29. The predicted molar refractivity (Wildman–Crippen MR) is 117 cm³/mol. The second-order valence-electron chi connectivity index (χ2n) is 7.52. The van der Waals surface area contributed by atoms with Gasteiger partial charge < -0.3 is 14.0 Å². The Morgan fingerprint density at radius 2 is 2.10 bits per heavy atom. The minimum Gasteiger partial charge on any atom is -0.497 e. The number of nitrogens with zero attached hydrogens (tertiary/aromatic N) is 5. The Morgan fingerprint density at radius 3 is 2.80 bits per heavy atom. The molecule has 0 radical (unpaired) electrons. The fourth-order valence-electron chi connectivity index (χ4n) is 3.79. The molecule has 1 aliphatic heterocycles. The molecule has 0 spiro atoms. The van der Waals surface area contributed by atoms with Gasteiger partial charge >= 0.3 is 0 Å². The molecule has 8 nitrogen and oxygen atoms in total. The summed E-state index contributed by atoms with van der Waals surface area (Å²) in [6.07, 6.45) is 6.41. The van der Waals surface area contributed by atoms with E-state index in [1.807, 2.05) is 36.7 Å². The first-order valence-corrected chi connectivity index (χ1v) is 11.3. The van der Waals surface area contributed by atoms with Crippen molar-refractivity contribution < 1.29 is 9.47 Å². The Bertz CT molecular complexity index is 949. The summed E-state index contributed by atoms with van der Waals surface area (Å²) in [6.45, 7) is 3.12. The molecular weight excluding hydrogens is 400 g/mol. The molecule has 1 atom stereocenters. The van der Waals surface area contributed by atoms with Crippen molar-refractivity contribution in [3.63, 3.8) is 0 Å². The third-order valence-electron chi connectivity index (χ3n) is 5.33. The lowest BCUT2D eigenvalue weighted by atomic mass is 10.1. The van der Waals surface area contributed by atoms with Gasteiger partial charge in [-0.25, -0.2) is 0 Å². The fourth-order valence-corrected chi connectivity index (χ4v) is 4.31. The molecule has 3 aromatic rings. The average molecular weight is 429 g/mol. The highest BCUT2D eigenvalue weighted by molar-refractivity contribution is 7.98. The van der Waals surface area contributed by atoms with Crippen molar-refractivity contribution >= 4 is 11.8 Å². The van der Waals surface area contributed by atoms with E-state index in [9.17, 15) is 0 Å². The third kappa shape index (κ3) is 4.69. The Balaban J connectivity index is 1.46. The number of hydrogen-bond acceptors (Lipinski definition) is 7. The van der Waals surface area contributed by atoms with Crippen molar-refractivity contribution in [2.75, 3.05) is 27.0 Å². The molecule has 1 saturated heterocycles. The van der Waals surface area contributed by atoms with Crippen LogP contribution in [0.2, 0.25) is 0 Å². The molecule has 1 fully saturated rings. The van der Waals surface area contributed by atoms with Crippen LogP contribution in [0.1, 0.15) is 24.2 Å². The third-order valence-corrected chi connectivity index (χ3v) is 6.00. The molecule has 1 aliphatic rings. The van der Waals surface area contributed by atoms with Crippen molar-refractivity contribution in [2.24, 2.45) is 0 Å². The highest BCUT2D eigenvalue weighted by Gasteiger charge is 2.21. The minimum absolute atomic E-state index is 0.256. The van der Waals surface area contributed by atoms with Crippen molar-refractivity contribution in [3.8, 4) is 17.0 Å². The normalized spacial score (nSPS) is 16.5.